The van der Waals surface area contributed by atoms with Crippen molar-refractivity contribution >= 4 is 57.3 Å². The number of benzene rings is 2. The van der Waals surface area contributed by atoms with Gasteiger partial charge in [-0.1, -0.05) is 23.2 Å². The minimum Gasteiger partial charge on any atom is -0.475 e. The van der Waals surface area contributed by atoms with Crippen LogP contribution in [0.4, 0.5) is 13.2 Å². The van der Waals surface area contributed by atoms with E-state index < -0.39 is 12.1 Å². The van der Waals surface area contributed by atoms with Crippen LogP contribution in [-0.2, 0) is 18.4 Å². The van der Waals surface area contributed by atoms with Crippen LogP contribution < -0.4 is 5.69 Å². The first kappa shape index (κ1) is 30.7. The molecule has 0 spiro atoms. The number of aryl methyl sites for hydroxylation is 2. The Hall–Kier alpha value is -4.23. The number of aromatic nitrogens is 5. The van der Waals surface area contributed by atoms with Gasteiger partial charge in [-0.2, -0.15) is 18.3 Å². The van der Waals surface area contributed by atoms with Gasteiger partial charge in [0.05, 0.1) is 17.5 Å². The number of carboxylic acids is 1. The number of hydrogen-bond donors (Lipinski definition) is 2. The predicted molar refractivity (Wildman–Crippen MR) is 157 cm³/mol. The molecule has 3 heterocycles. The van der Waals surface area contributed by atoms with Crippen LogP contribution in [0.2, 0.25) is 10.0 Å². The summed E-state index contributed by atoms with van der Waals surface area (Å²) in [6.07, 6.45) is 1.52. The largest absolute Gasteiger partial charge is 0.490 e. The lowest BCUT2D eigenvalue weighted by Gasteiger charge is -2.05. The van der Waals surface area contributed by atoms with Crippen LogP contribution in [0.1, 0.15) is 6.42 Å². The minimum atomic E-state index is -5.08. The molecule has 0 amide bonds. The van der Waals surface area contributed by atoms with E-state index in [1.807, 2.05) is 85.7 Å². The molecule has 5 rings (SSSR count). The van der Waals surface area contributed by atoms with E-state index in [2.05, 4.69) is 19.8 Å². The van der Waals surface area contributed by atoms with Gasteiger partial charge in [-0.3, -0.25) is 4.99 Å². The first-order chi connectivity index (χ1) is 19.8. The van der Waals surface area contributed by atoms with Crippen molar-refractivity contribution in [2.24, 2.45) is 12.0 Å². The van der Waals surface area contributed by atoms with Crippen LogP contribution in [0, 0.1) is 0 Å². The van der Waals surface area contributed by atoms with Gasteiger partial charge in [-0.25, -0.2) is 19.3 Å². The normalized spacial score (nSPS) is 11.8. The van der Waals surface area contributed by atoms with Crippen molar-refractivity contribution in [2.45, 2.75) is 19.1 Å². The van der Waals surface area contributed by atoms with E-state index in [0.717, 1.165) is 40.3 Å². The van der Waals surface area contributed by atoms with Crippen LogP contribution in [0.15, 0.2) is 58.6 Å². The SMILES string of the molecule is CN(C)C=NCCCn1cc(-n2c(-c3cn(C)c4ccc(Cl)cc34)n[nH]c2=O)c2cc(Cl)ccc21.O=C(O)C(F)(F)F. The zero-order chi connectivity index (χ0) is 30.8. The summed E-state index contributed by atoms with van der Waals surface area (Å²) in [5.41, 5.74) is 3.18. The second-order valence-electron chi connectivity index (χ2n) is 9.51. The predicted octanol–water partition coefficient (Wildman–Crippen LogP) is 5.59. The van der Waals surface area contributed by atoms with E-state index >= 15 is 0 Å². The number of nitrogens with zero attached hydrogens (tertiary/aromatic N) is 6. The highest BCUT2D eigenvalue weighted by atomic mass is 35.5. The third-order valence-electron chi connectivity index (χ3n) is 6.17. The molecule has 2 N–H and O–H groups in total. The lowest BCUT2D eigenvalue weighted by molar-refractivity contribution is -0.192. The Balaban J connectivity index is 0.000000517. The van der Waals surface area contributed by atoms with Crippen LogP contribution in [-0.4, -0.2) is 73.0 Å². The Labute approximate surface area is 247 Å². The molecule has 0 saturated carbocycles. The number of rotatable bonds is 7. The summed E-state index contributed by atoms with van der Waals surface area (Å²) in [6.45, 7) is 1.45. The molecule has 0 aliphatic carbocycles. The summed E-state index contributed by atoms with van der Waals surface area (Å²) in [5, 5.41) is 17.2. The van der Waals surface area contributed by atoms with E-state index in [0.29, 0.717) is 28.1 Å². The molecular weight excluding hydrogens is 598 g/mol. The summed E-state index contributed by atoms with van der Waals surface area (Å²) in [5.74, 6) is -2.25. The van der Waals surface area contributed by atoms with Crippen LogP contribution in [0.3, 0.4) is 0 Å². The number of carbonyl (C=O) groups is 1. The molecule has 5 aromatic rings. The van der Waals surface area contributed by atoms with Crippen LogP contribution in [0.25, 0.3) is 38.9 Å². The van der Waals surface area contributed by atoms with Crippen molar-refractivity contribution in [3.8, 4) is 17.1 Å². The highest BCUT2D eigenvalue weighted by Gasteiger charge is 2.38. The molecule has 0 bridgehead atoms. The van der Waals surface area contributed by atoms with Gasteiger partial charge in [0.25, 0.3) is 0 Å². The number of halogens is 5. The monoisotopic (exact) mass is 623 g/mol. The Morgan fingerprint density at radius 3 is 2.33 bits per heavy atom. The van der Waals surface area contributed by atoms with Gasteiger partial charge >= 0.3 is 17.8 Å². The molecule has 0 aliphatic rings. The Morgan fingerprint density at radius 1 is 1.10 bits per heavy atom. The van der Waals surface area contributed by atoms with E-state index in [9.17, 15) is 18.0 Å². The highest BCUT2D eigenvalue weighted by Crippen LogP contribution is 2.34. The molecule has 0 radical (unpaired) electrons. The van der Waals surface area contributed by atoms with Crippen LogP contribution >= 0.6 is 23.2 Å². The maximum atomic E-state index is 13.1. The van der Waals surface area contributed by atoms with Gasteiger partial charge in [-0.05, 0) is 42.8 Å². The maximum absolute atomic E-state index is 13.1. The van der Waals surface area contributed by atoms with E-state index in [4.69, 9.17) is 33.1 Å². The molecule has 42 heavy (non-hydrogen) atoms. The molecule has 0 aliphatic heterocycles. The van der Waals surface area contributed by atoms with Crippen LogP contribution in [0.5, 0.6) is 0 Å². The maximum Gasteiger partial charge on any atom is 0.490 e. The number of aromatic amines is 1. The fourth-order valence-corrected chi connectivity index (χ4v) is 4.75. The molecule has 0 saturated heterocycles. The van der Waals surface area contributed by atoms with Crippen molar-refractivity contribution in [3.05, 3.63) is 69.3 Å². The highest BCUT2D eigenvalue weighted by molar-refractivity contribution is 6.31. The third kappa shape index (κ3) is 6.63. The molecule has 0 atom stereocenters. The molecule has 3 aromatic heterocycles. The number of fused-ring (bicyclic) bond motifs is 2. The standard InChI is InChI=1S/C25H25Cl2N7O.C2HF3O2/c1-31(2)15-28-9-4-10-33-14-23(19-12-17(27)6-8-22(19)33)34-24(29-30-25(34)35)20-13-32(3)21-7-5-16(26)11-18(20)21;3-2(4,5)1(6)7/h5-8,11-15H,4,9-10H2,1-3H3,(H,30,35);(H,6,7). The molecule has 10 nitrogen and oxygen atoms in total. The fourth-order valence-electron chi connectivity index (χ4n) is 4.41. The average Bonchev–Trinajstić information content (AvgIpc) is 3.55. The lowest BCUT2D eigenvalue weighted by atomic mass is 10.1. The first-order valence-electron chi connectivity index (χ1n) is 12.5. The Bertz CT molecular complexity index is 1830. The van der Waals surface area contributed by atoms with Gasteiger partial charge in [0, 0.05) is 78.5 Å². The lowest BCUT2D eigenvalue weighted by Crippen LogP contribution is -2.21. The van der Waals surface area contributed by atoms with Gasteiger partial charge in [0.1, 0.15) is 0 Å². The molecule has 222 valence electrons. The number of alkyl halides is 3. The molecular formula is C27H26Cl2F3N7O3. The number of carboxylic acid groups (broad SMARTS) is 1. The van der Waals surface area contributed by atoms with E-state index in [1.165, 1.54) is 0 Å². The molecule has 15 heteroatoms. The van der Waals surface area contributed by atoms with Gasteiger partial charge in [-0.15, -0.1) is 0 Å². The van der Waals surface area contributed by atoms with Crippen molar-refractivity contribution in [1.82, 2.24) is 28.8 Å². The molecule has 0 fully saturated rings. The number of H-pyrrole nitrogens is 1. The number of aliphatic imine (C=N–C) groups is 1. The topological polar surface area (TPSA) is 113 Å². The van der Waals surface area contributed by atoms with E-state index in [-0.39, 0.29) is 5.69 Å². The fraction of sp³-hybridized carbons (Fsp3) is 0.259. The second-order valence-corrected chi connectivity index (χ2v) is 10.4. The zero-order valence-electron chi connectivity index (χ0n) is 22.7. The van der Waals surface area contributed by atoms with Crippen molar-refractivity contribution in [1.29, 1.82) is 0 Å². The summed E-state index contributed by atoms with van der Waals surface area (Å²) in [4.78, 5) is 28.3. The van der Waals surface area contributed by atoms with Gasteiger partial charge in [0.2, 0.25) is 0 Å². The van der Waals surface area contributed by atoms with E-state index in [1.54, 1.807) is 4.57 Å². The number of aliphatic carboxylic acids is 1. The van der Waals surface area contributed by atoms with Crippen molar-refractivity contribution < 1.29 is 23.1 Å². The molecule has 0 unspecified atom stereocenters. The quantitative estimate of drug-likeness (QED) is 0.139. The Kier molecular flexibility index (Phi) is 9.02. The zero-order valence-corrected chi connectivity index (χ0v) is 24.2. The molecule has 2 aromatic carbocycles. The van der Waals surface area contributed by atoms with Gasteiger partial charge in [0.15, 0.2) is 5.82 Å². The van der Waals surface area contributed by atoms with Crippen molar-refractivity contribution in [3.63, 3.8) is 0 Å². The first-order valence-corrected chi connectivity index (χ1v) is 13.2. The average molecular weight is 624 g/mol. The minimum absolute atomic E-state index is 0.325. The summed E-state index contributed by atoms with van der Waals surface area (Å²) in [6, 6.07) is 11.4. The van der Waals surface area contributed by atoms with Crippen molar-refractivity contribution in [2.75, 3.05) is 20.6 Å². The summed E-state index contributed by atoms with van der Waals surface area (Å²) in [7, 11) is 5.85. The van der Waals surface area contributed by atoms with Gasteiger partial charge < -0.3 is 19.1 Å². The summed E-state index contributed by atoms with van der Waals surface area (Å²) >= 11 is 12.7. The number of hydrogen-bond acceptors (Lipinski definition) is 4. The Morgan fingerprint density at radius 2 is 1.71 bits per heavy atom. The summed E-state index contributed by atoms with van der Waals surface area (Å²) < 4.78 is 37.5. The number of nitrogens with one attached hydrogen (secondary N) is 1. The second kappa shape index (κ2) is 12.3. The smallest absolute Gasteiger partial charge is 0.475 e. The third-order valence-corrected chi connectivity index (χ3v) is 6.64.